The minimum Gasteiger partial charge on any atom is -0.480 e. The van der Waals surface area contributed by atoms with Crippen LogP contribution in [0.25, 0.3) is 20.8 Å². The summed E-state index contributed by atoms with van der Waals surface area (Å²) in [5.41, 5.74) is 9.12. The third-order valence-corrected chi connectivity index (χ3v) is 5.55. The molecule has 3 aromatic rings. The number of aryl methyl sites for hydroxylation is 1. The Balaban J connectivity index is 1.63. The largest absolute Gasteiger partial charge is 0.480 e. The number of rotatable bonds is 8. The molecule has 5 N–H and O–H groups in total. The molecule has 152 valence electrons. The van der Waals surface area contributed by atoms with Crippen LogP contribution in [-0.4, -0.2) is 34.7 Å². The van der Waals surface area contributed by atoms with Crippen molar-refractivity contribution in [3.05, 3.63) is 48.0 Å². The molecule has 0 fully saturated rings. The molecule has 0 aliphatic rings. The summed E-state index contributed by atoms with van der Waals surface area (Å²) < 4.78 is 1.14. The summed E-state index contributed by atoms with van der Waals surface area (Å²) in [6, 6.07) is 12.0. The number of carbonyl (C=O) groups is 2. The number of carbonyl (C=O) groups excluding carboxylic acids is 1. The zero-order valence-corrected chi connectivity index (χ0v) is 17.0. The number of urea groups is 1. The summed E-state index contributed by atoms with van der Waals surface area (Å²) in [6.45, 7) is 2.55. The second-order valence-corrected chi connectivity index (χ2v) is 7.87. The lowest BCUT2D eigenvalue weighted by atomic mass is 10.1. The molecule has 0 aliphatic heterocycles. The fraction of sp³-hybridized carbons (Fsp3) is 0.286. The van der Waals surface area contributed by atoms with E-state index in [1.54, 1.807) is 23.5 Å². The first kappa shape index (κ1) is 20.8. The third-order valence-electron chi connectivity index (χ3n) is 4.48. The van der Waals surface area contributed by atoms with Crippen molar-refractivity contribution in [2.75, 3.05) is 11.9 Å². The lowest BCUT2D eigenvalue weighted by Gasteiger charge is -2.15. The highest BCUT2D eigenvalue weighted by Crippen LogP contribution is 2.31. The molecule has 3 rings (SSSR count). The van der Waals surface area contributed by atoms with Crippen LogP contribution in [-0.2, 0) is 4.79 Å². The van der Waals surface area contributed by atoms with E-state index >= 15 is 0 Å². The van der Waals surface area contributed by atoms with Gasteiger partial charge in [-0.25, -0.2) is 14.6 Å². The Labute approximate surface area is 173 Å². The molecule has 1 atom stereocenters. The summed E-state index contributed by atoms with van der Waals surface area (Å²) in [5.74, 6) is -1.06. The molecule has 0 saturated carbocycles. The van der Waals surface area contributed by atoms with E-state index in [1.807, 2.05) is 24.3 Å². The predicted octanol–water partition coefficient (Wildman–Crippen LogP) is 3.98. The quantitative estimate of drug-likeness (QED) is 0.418. The van der Waals surface area contributed by atoms with E-state index in [0.29, 0.717) is 25.1 Å². The van der Waals surface area contributed by atoms with Gasteiger partial charge in [0, 0.05) is 11.3 Å². The molecule has 0 aliphatic carbocycles. The van der Waals surface area contributed by atoms with Gasteiger partial charge in [-0.15, -0.1) is 11.3 Å². The van der Waals surface area contributed by atoms with Crippen molar-refractivity contribution in [3.8, 4) is 10.6 Å². The number of anilines is 1. The van der Waals surface area contributed by atoms with Crippen molar-refractivity contribution in [3.63, 3.8) is 0 Å². The maximum Gasteiger partial charge on any atom is 0.326 e. The molecule has 2 aromatic carbocycles. The second-order valence-electron chi connectivity index (χ2n) is 6.84. The van der Waals surface area contributed by atoms with E-state index in [-0.39, 0.29) is 0 Å². The number of amides is 2. The number of unbranched alkanes of at least 4 members (excludes halogenated alkanes) is 1. The topological polar surface area (TPSA) is 117 Å². The summed E-state index contributed by atoms with van der Waals surface area (Å²) in [6.07, 6.45) is 1.71. The molecule has 1 heterocycles. The molecular weight excluding hydrogens is 388 g/mol. The van der Waals surface area contributed by atoms with Crippen LogP contribution >= 0.6 is 11.3 Å². The lowest BCUT2D eigenvalue weighted by molar-refractivity contribution is -0.139. The Morgan fingerprint density at radius 2 is 1.93 bits per heavy atom. The van der Waals surface area contributed by atoms with E-state index in [2.05, 4.69) is 28.6 Å². The van der Waals surface area contributed by atoms with Gasteiger partial charge < -0.3 is 21.5 Å². The Morgan fingerprint density at radius 3 is 2.62 bits per heavy atom. The van der Waals surface area contributed by atoms with Gasteiger partial charge in [-0.05, 0) is 74.7 Å². The normalized spacial score (nSPS) is 11.9. The number of aromatic nitrogens is 1. The van der Waals surface area contributed by atoms with Gasteiger partial charge in [0.05, 0.1) is 10.2 Å². The van der Waals surface area contributed by atoms with Crippen molar-refractivity contribution in [1.82, 2.24) is 10.3 Å². The standard InChI is InChI=1S/C21H24N4O3S/c1-13-5-10-16-18(12-13)29-19(24-16)14-6-8-15(9-7-14)23-21(28)25-17(20(26)27)4-2-3-11-22/h5-10,12,17H,2-4,11,22H2,1H3,(H,26,27)(H2,23,25,28)/t17-/m0/s1. The molecule has 0 bridgehead atoms. The van der Waals surface area contributed by atoms with Crippen LogP contribution in [0.5, 0.6) is 0 Å². The molecule has 0 unspecified atom stereocenters. The fourth-order valence-corrected chi connectivity index (χ4v) is 4.00. The first-order chi connectivity index (χ1) is 14.0. The van der Waals surface area contributed by atoms with Gasteiger partial charge in [0.25, 0.3) is 0 Å². The molecular formula is C21H24N4O3S. The highest BCUT2D eigenvalue weighted by atomic mass is 32.1. The van der Waals surface area contributed by atoms with Crippen molar-refractivity contribution in [1.29, 1.82) is 0 Å². The average Bonchev–Trinajstić information content (AvgIpc) is 3.11. The van der Waals surface area contributed by atoms with Gasteiger partial charge >= 0.3 is 12.0 Å². The van der Waals surface area contributed by atoms with Crippen LogP contribution in [0.2, 0.25) is 0 Å². The van der Waals surface area contributed by atoms with E-state index in [1.165, 1.54) is 5.56 Å². The number of carboxylic acid groups (broad SMARTS) is 1. The van der Waals surface area contributed by atoms with Gasteiger partial charge in [0.2, 0.25) is 0 Å². The Kier molecular flexibility index (Phi) is 6.79. The number of nitrogens with one attached hydrogen (secondary N) is 2. The van der Waals surface area contributed by atoms with Crippen molar-refractivity contribution in [2.24, 2.45) is 5.73 Å². The first-order valence-corrected chi connectivity index (χ1v) is 10.3. The van der Waals surface area contributed by atoms with Crippen LogP contribution in [0.3, 0.4) is 0 Å². The number of fused-ring (bicyclic) bond motifs is 1. The summed E-state index contributed by atoms with van der Waals surface area (Å²) in [5, 5.41) is 15.3. The van der Waals surface area contributed by atoms with Gasteiger partial charge in [-0.2, -0.15) is 0 Å². The number of hydrogen-bond donors (Lipinski definition) is 4. The second kappa shape index (κ2) is 9.49. The molecule has 0 spiro atoms. The number of hydrogen-bond acceptors (Lipinski definition) is 5. The number of benzene rings is 2. The van der Waals surface area contributed by atoms with E-state index < -0.39 is 18.0 Å². The molecule has 2 amide bonds. The van der Waals surface area contributed by atoms with Gasteiger partial charge in [-0.3, -0.25) is 0 Å². The number of nitrogens with zero attached hydrogens (tertiary/aromatic N) is 1. The Morgan fingerprint density at radius 1 is 1.17 bits per heavy atom. The predicted molar refractivity (Wildman–Crippen MR) is 116 cm³/mol. The summed E-state index contributed by atoms with van der Waals surface area (Å²) in [7, 11) is 0. The molecule has 8 heteroatoms. The highest BCUT2D eigenvalue weighted by molar-refractivity contribution is 7.21. The number of aliphatic carboxylic acids is 1. The monoisotopic (exact) mass is 412 g/mol. The summed E-state index contributed by atoms with van der Waals surface area (Å²) in [4.78, 5) is 28.1. The third kappa shape index (κ3) is 5.52. The van der Waals surface area contributed by atoms with Crippen molar-refractivity contribution >= 4 is 39.2 Å². The fourth-order valence-electron chi connectivity index (χ4n) is 2.93. The zero-order valence-electron chi connectivity index (χ0n) is 16.1. The van der Waals surface area contributed by atoms with Crippen LogP contribution in [0.4, 0.5) is 10.5 Å². The smallest absolute Gasteiger partial charge is 0.326 e. The van der Waals surface area contributed by atoms with E-state index in [0.717, 1.165) is 27.2 Å². The average molecular weight is 413 g/mol. The van der Waals surface area contributed by atoms with Crippen LogP contribution in [0.15, 0.2) is 42.5 Å². The Hall–Kier alpha value is -2.97. The Bertz CT molecular complexity index is 1000. The van der Waals surface area contributed by atoms with Crippen molar-refractivity contribution < 1.29 is 14.7 Å². The molecule has 0 saturated heterocycles. The minimum atomic E-state index is -1.06. The molecule has 1 aromatic heterocycles. The summed E-state index contributed by atoms with van der Waals surface area (Å²) >= 11 is 1.62. The number of thiazole rings is 1. The lowest BCUT2D eigenvalue weighted by Crippen LogP contribution is -2.43. The van der Waals surface area contributed by atoms with Crippen LogP contribution in [0.1, 0.15) is 24.8 Å². The van der Waals surface area contributed by atoms with Gasteiger partial charge in [-0.1, -0.05) is 6.07 Å². The molecule has 0 radical (unpaired) electrons. The van der Waals surface area contributed by atoms with Crippen molar-refractivity contribution in [2.45, 2.75) is 32.2 Å². The maximum absolute atomic E-state index is 12.1. The zero-order chi connectivity index (χ0) is 20.8. The number of nitrogens with two attached hydrogens (primary N) is 1. The maximum atomic E-state index is 12.1. The van der Waals surface area contributed by atoms with E-state index in [4.69, 9.17) is 5.73 Å². The molecule has 29 heavy (non-hydrogen) atoms. The SMILES string of the molecule is Cc1ccc2nc(-c3ccc(NC(=O)N[C@@H](CCCCN)C(=O)O)cc3)sc2c1. The first-order valence-electron chi connectivity index (χ1n) is 9.44. The molecule has 7 nitrogen and oxygen atoms in total. The highest BCUT2D eigenvalue weighted by Gasteiger charge is 2.19. The number of carboxylic acids is 1. The van der Waals surface area contributed by atoms with Gasteiger partial charge in [0.1, 0.15) is 11.0 Å². The van der Waals surface area contributed by atoms with Crippen LogP contribution < -0.4 is 16.4 Å². The minimum absolute atomic E-state index is 0.343. The van der Waals surface area contributed by atoms with Crippen LogP contribution in [0, 0.1) is 6.92 Å². The van der Waals surface area contributed by atoms with Gasteiger partial charge in [0.15, 0.2) is 0 Å². The van der Waals surface area contributed by atoms with E-state index in [9.17, 15) is 14.7 Å².